The fraction of sp³-hybridized carbons (Fsp3) is 0.462. The van der Waals surface area contributed by atoms with Crippen molar-refractivity contribution < 1.29 is 0 Å². The van der Waals surface area contributed by atoms with E-state index >= 15 is 0 Å². The molecule has 19 heavy (non-hydrogen) atoms. The first kappa shape index (κ1) is 13.5. The Hall–Kier alpha value is -1.95. The minimum absolute atomic E-state index is 0.131. The molecule has 0 fully saturated rings. The predicted molar refractivity (Wildman–Crippen MR) is 76.4 cm³/mol. The van der Waals surface area contributed by atoms with E-state index in [1.807, 2.05) is 20.2 Å². The van der Waals surface area contributed by atoms with Gasteiger partial charge in [-0.25, -0.2) is 4.68 Å². The van der Waals surface area contributed by atoms with Crippen LogP contribution in [0.15, 0.2) is 23.3 Å². The summed E-state index contributed by atoms with van der Waals surface area (Å²) in [5, 5.41) is 9.03. The SMILES string of the molecule is CC(CN(C)C)Nc1nn(C)c(=O)c2cnccc12. The topological polar surface area (TPSA) is 63.1 Å². The number of pyridine rings is 1. The molecule has 1 N–H and O–H groups in total. The smallest absolute Gasteiger partial charge is 0.276 e. The van der Waals surface area contributed by atoms with E-state index in [-0.39, 0.29) is 11.6 Å². The molecule has 1 unspecified atom stereocenters. The highest BCUT2D eigenvalue weighted by molar-refractivity contribution is 5.90. The Morgan fingerprint density at radius 3 is 2.84 bits per heavy atom. The highest BCUT2D eigenvalue weighted by Crippen LogP contribution is 2.17. The average Bonchev–Trinajstić information content (AvgIpc) is 2.34. The summed E-state index contributed by atoms with van der Waals surface area (Å²) in [5.41, 5.74) is -0.131. The molecule has 0 bridgehead atoms. The molecule has 0 saturated carbocycles. The minimum Gasteiger partial charge on any atom is -0.364 e. The van der Waals surface area contributed by atoms with Gasteiger partial charge >= 0.3 is 0 Å². The summed E-state index contributed by atoms with van der Waals surface area (Å²) < 4.78 is 1.34. The molecule has 6 nitrogen and oxygen atoms in total. The average molecular weight is 261 g/mol. The molecule has 1 atom stereocenters. The molecule has 6 heteroatoms. The molecular weight excluding hydrogens is 242 g/mol. The number of nitrogens with one attached hydrogen (secondary N) is 1. The minimum atomic E-state index is -0.131. The summed E-state index contributed by atoms with van der Waals surface area (Å²) in [7, 11) is 5.69. The Kier molecular flexibility index (Phi) is 3.80. The quantitative estimate of drug-likeness (QED) is 0.877. The van der Waals surface area contributed by atoms with Gasteiger partial charge in [0.15, 0.2) is 5.82 Å². The van der Waals surface area contributed by atoms with Crippen LogP contribution in [-0.2, 0) is 7.05 Å². The Bertz CT molecular complexity index is 634. The number of fused-ring (bicyclic) bond motifs is 1. The van der Waals surface area contributed by atoms with Crippen LogP contribution in [0, 0.1) is 0 Å². The fourth-order valence-corrected chi connectivity index (χ4v) is 2.13. The third-order valence-corrected chi connectivity index (χ3v) is 2.87. The lowest BCUT2D eigenvalue weighted by Gasteiger charge is -2.19. The molecule has 2 rings (SSSR count). The number of hydrogen-bond donors (Lipinski definition) is 1. The summed E-state index contributed by atoms with van der Waals surface area (Å²) in [6.45, 7) is 2.97. The first-order valence-electron chi connectivity index (χ1n) is 6.21. The fourth-order valence-electron chi connectivity index (χ4n) is 2.13. The number of nitrogens with zero attached hydrogens (tertiary/aromatic N) is 4. The molecule has 2 aromatic heterocycles. The van der Waals surface area contributed by atoms with E-state index in [1.165, 1.54) is 4.68 Å². The zero-order valence-electron chi connectivity index (χ0n) is 11.7. The highest BCUT2D eigenvalue weighted by atomic mass is 16.1. The van der Waals surface area contributed by atoms with Gasteiger partial charge in [0.2, 0.25) is 0 Å². The van der Waals surface area contributed by atoms with Crippen molar-refractivity contribution in [1.29, 1.82) is 0 Å². The monoisotopic (exact) mass is 261 g/mol. The summed E-state index contributed by atoms with van der Waals surface area (Å²) >= 11 is 0. The van der Waals surface area contributed by atoms with Crippen LogP contribution < -0.4 is 10.9 Å². The van der Waals surface area contributed by atoms with Crippen molar-refractivity contribution in [3.63, 3.8) is 0 Å². The first-order valence-corrected chi connectivity index (χ1v) is 6.21. The van der Waals surface area contributed by atoms with Crippen LogP contribution >= 0.6 is 0 Å². The van der Waals surface area contributed by atoms with Crippen LogP contribution in [0.2, 0.25) is 0 Å². The van der Waals surface area contributed by atoms with Gasteiger partial charge in [0, 0.05) is 37.4 Å². The largest absolute Gasteiger partial charge is 0.364 e. The maximum Gasteiger partial charge on any atom is 0.276 e. The van der Waals surface area contributed by atoms with Gasteiger partial charge < -0.3 is 10.2 Å². The number of aromatic nitrogens is 3. The molecule has 2 heterocycles. The molecule has 0 aliphatic heterocycles. The van der Waals surface area contributed by atoms with Gasteiger partial charge in [-0.2, -0.15) is 5.10 Å². The summed E-state index contributed by atoms with van der Waals surface area (Å²) in [5.74, 6) is 0.717. The molecule has 0 spiro atoms. The summed E-state index contributed by atoms with van der Waals surface area (Å²) in [6, 6.07) is 2.05. The van der Waals surface area contributed by atoms with Crippen molar-refractivity contribution in [2.24, 2.45) is 7.05 Å². The molecule has 0 aliphatic rings. The van der Waals surface area contributed by atoms with E-state index in [2.05, 4.69) is 27.2 Å². The number of hydrogen-bond acceptors (Lipinski definition) is 5. The molecule has 102 valence electrons. The zero-order valence-corrected chi connectivity index (χ0v) is 11.7. The number of likely N-dealkylation sites (N-methyl/N-ethyl adjacent to an activating group) is 1. The van der Waals surface area contributed by atoms with Crippen LogP contribution in [0.3, 0.4) is 0 Å². The third-order valence-electron chi connectivity index (χ3n) is 2.87. The molecule has 2 aromatic rings. The van der Waals surface area contributed by atoms with Gasteiger partial charge in [0.05, 0.1) is 5.39 Å². The van der Waals surface area contributed by atoms with Crippen LogP contribution in [-0.4, -0.2) is 46.3 Å². The van der Waals surface area contributed by atoms with E-state index in [1.54, 1.807) is 19.4 Å². The van der Waals surface area contributed by atoms with Gasteiger partial charge in [-0.05, 0) is 27.1 Å². The maximum absolute atomic E-state index is 12.0. The van der Waals surface area contributed by atoms with Crippen molar-refractivity contribution in [3.05, 3.63) is 28.8 Å². The number of rotatable bonds is 4. The lowest BCUT2D eigenvalue weighted by atomic mass is 10.2. The van der Waals surface area contributed by atoms with E-state index < -0.39 is 0 Å². The second-order valence-electron chi connectivity index (χ2n) is 5.01. The third kappa shape index (κ3) is 2.90. The van der Waals surface area contributed by atoms with E-state index in [0.717, 1.165) is 11.9 Å². The normalized spacial score (nSPS) is 12.9. The van der Waals surface area contributed by atoms with Crippen molar-refractivity contribution in [2.45, 2.75) is 13.0 Å². The first-order chi connectivity index (χ1) is 8.99. The molecular formula is C13H19N5O. The van der Waals surface area contributed by atoms with E-state index in [4.69, 9.17) is 0 Å². The van der Waals surface area contributed by atoms with Crippen LogP contribution in [0.1, 0.15) is 6.92 Å². The highest BCUT2D eigenvalue weighted by Gasteiger charge is 2.11. The van der Waals surface area contributed by atoms with Gasteiger partial charge in [0.25, 0.3) is 5.56 Å². The van der Waals surface area contributed by atoms with Gasteiger partial charge in [0.1, 0.15) is 0 Å². The Labute approximate surface area is 112 Å². The summed E-state index contributed by atoms with van der Waals surface area (Å²) in [6.07, 6.45) is 3.26. The Balaban J connectivity index is 2.43. The molecule has 0 aromatic carbocycles. The second kappa shape index (κ2) is 5.36. The van der Waals surface area contributed by atoms with Crippen molar-refractivity contribution in [2.75, 3.05) is 26.0 Å². The lowest BCUT2D eigenvalue weighted by molar-refractivity contribution is 0.391. The second-order valence-corrected chi connectivity index (χ2v) is 5.01. The summed E-state index contributed by atoms with van der Waals surface area (Å²) in [4.78, 5) is 18.1. The van der Waals surface area contributed by atoms with E-state index in [9.17, 15) is 4.79 Å². The van der Waals surface area contributed by atoms with Gasteiger partial charge in [-0.1, -0.05) is 0 Å². The molecule has 0 radical (unpaired) electrons. The van der Waals surface area contributed by atoms with Crippen LogP contribution in [0.4, 0.5) is 5.82 Å². The zero-order chi connectivity index (χ0) is 14.0. The number of aryl methyl sites for hydroxylation is 1. The Morgan fingerprint density at radius 2 is 2.16 bits per heavy atom. The van der Waals surface area contributed by atoms with Crippen LogP contribution in [0.25, 0.3) is 10.8 Å². The van der Waals surface area contributed by atoms with Crippen molar-refractivity contribution in [3.8, 4) is 0 Å². The number of anilines is 1. The van der Waals surface area contributed by atoms with Crippen LogP contribution in [0.5, 0.6) is 0 Å². The predicted octanol–water partition coefficient (Wildman–Crippen LogP) is 0.691. The maximum atomic E-state index is 12.0. The van der Waals surface area contributed by atoms with Crippen molar-refractivity contribution >= 4 is 16.6 Å². The molecule has 0 amide bonds. The standard InChI is InChI=1S/C13H19N5O/c1-9(8-17(2)3)15-12-10-5-6-14-7-11(10)13(19)18(4)16-12/h5-7,9H,8H2,1-4H3,(H,15,16). The van der Waals surface area contributed by atoms with E-state index in [0.29, 0.717) is 11.2 Å². The Morgan fingerprint density at radius 1 is 1.42 bits per heavy atom. The lowest BCUT2D eigenvalue weighted by Crippen LogP contribution is -2.31. The molecule has 0 aliphatic carbocycles. The van der Waals surface area contributed by atoms with Crippen molar-refractivity contribution in [1.82, 2.24) is 19.7 Å². The van der Waals surface area contributed by atoms with Gasteiger partial charge in [-0.15, -0.1) is 0 Å². The molecule has 0 saturated heterocycles. The van der Waals surface area contributed by atoms with Gasteiger partial charge in [-0.3, -0.25) is 9.78 Å².